The Morgan fingerprint density at radius 1 is 0.867 bits per heavy atom. The Bertz CT molecular complexity index is 271. The summed E-state index contributed by atoms with van der Waals surface area (Å²) >= 11 is 1.73. The summed E-state index contributed by atoms with van der Waals surface area (Å²) < 4.78 is 2.99. The van der Waals surface area contributed by atoms with Crippen LogP contribution in [0.25, 0.3) is 0 Å². The van der Waals surface area contributed by atoms with E-state index in [9.17, 15) is 0 Å². The number of rotatable bonds is 2. The first-order valence-corrected chi connectivity index (χ1v) is 5.15. The third-order valence-corrected chi connectivity index (χ3v) is 2.98. The van der Waals surface area contributed by atoms with Gasteiger partial charge in [0.15, 0.2) is 0 Å². The summed E-state index contributed by atoms with van der Waals surface area (Å²) in [5.74, 6) is 0. The molecule has 0 saturated heterocycles. The number of hydrogen-bond acceptors (Lipinski definition) is 2. The molecule has 0 aliphatic heterocycles. The minimum absolute atomic E-state index is 1.14. The molecule has 15 heavy (non-hydrogen) atoms. The molecule has 2 aliphatic rings. The summed E-state index contributed by atoms with van der Waals surface area (Å²) in [6, 6.07) is 0. The van der Waals surface area contributed by atoms with Gasteiger partial charge >= 0.3 is 72.8 Å². The fourth-order valence-electron chi connectivity index (χ4n) is 1.06. The van der Waals surface area contributed by atoms with Crippen LogP contribution in [0.3, 0.4) is 0 Å². The average molecular weight is 245 g/mol. The van der Waals surface area contributed by atoms with Gasteiger partial charge in [-0.05, 0) is 0 Å². The molecule has 0 spiro atoms. The fraction of sp³-hybridized carbons (Fsp3) is 0.167. The zero-order valence-corrected chi connectivity index (χ0v) is 9.00. The summed E-state index contributed by atoms with van der Waals surface area (Å²) in [4.78, 5) is 15.0. The quantitative estimate of drug-likeness (QED) is 0.696. The van der Waals surface area contributed by atoms with E-state index >= 15 is 0 Å². The van der Waals surface area contributed by atoms with Crippen LogP contribution < -0.4 is 0 Å². The first kappa shape index (κ1) is 13.8. The van der Waals surface area contributed by atoms with Crippen molar-refractivity contribution in [1.29, 1.82) is 0 Å². The van der Waals surface area contributed by atoms with Crippen molar-refractivity contribution in [1.82, 2.24) is 0 Å². The molecule has 0 unspecified atom stereocenters. The van der Waals surface area contributed by atoms with Crippen molar-refractivity contribution in [2.45, 2.75) is 12.8 Å². The molecule has 0 fully saturated rings. The van der Waals surface area contributed by atoms with E-state index in [0.29, 0.717) is 0 Å². The van der Waals surface area contributed by atoms with E-state index in [1.807, 2.05) is 0 Å². The maximum Gasteiger partial charge on any atom is 0.281 e. The van der Waals surface area contributed by atoms with Gasteiger partial charge in [-0.25, -0.2) is 0 Å². The van der Waals surface area contributed by atoms with Gasteiger partial charge < -0.3 is 0 Å². The molecule has 0 saturated carbocycles. The van der Waals surface area contributed by atoms with Crippen molar-refractivity contribution >= 4 is 13.6 Å². The summed E-state index contributed by atoms with van der Waals surface area (Å²) in [7, 11) is 0. The third-order valence-electron chi connectivity index (χ3n) is 1.61. The van der Waals surface area contributed by atoms with Crippen molar-refractivity contribution < 1.29 is 24.0 Å². The van der Waals surface area contributed by atoms with Gasteiger partial charge in [0, 0.05) is 0 Å². The Balaban J connectivity index is 0.000000442. The predicted octanol–water partition coefficient (Wildman–Crippen LogP) is 1.96. The number of allylic oxidation sites excluding steroid dienone is 8. The van der Waals surface area contributed by atoms with Crippen LogP contribution in [0.1, 0.15) is 12.8 Å². The van der Waals surface area contributed by atoms with Crippen molar-refractivity contribution in [3.05, 3.63) is 45.5 Å². The molecule has 2 aliphatic carbocycles. The van der Waals surface area contributed by atoms with Gasteiger partial charge in [0.2, 0.25) is 0 Å². The van der Waals surface area contributed by atoms with Crippen LogP contribution in [0.15, 0.2) is 45.5 Å². The summed E-state index contributed by atoms with van der Waals surface area (Å²) in [6.45, 7) is 9.00. The molecule has 4 radical (unpaired) electrons. The Hall–Kier alpha value is -1.21. The van der Waals surface area contributed by atoms with Crippen LogP contribution in [0, 0.1) is 0 Å². The van der Waals surface area contributed by atoms with Gasteiger partial charge in [0.25, 0.3) is 13.6 Å². The summed E-state index contributed by atoms with van der Waals surface area (Å²) in [5, 5.41) is 0. The third kappa shape index (κ3) is 5.28. The van der Waals surface area contributed by atoms with Crippen molar-refractivity contribution in [2.24, 2.45) is 0 Å². The van der Waals surface area contributed by atoms with Gasteiger partial charge in [0.1, 0.15) is 0 Å². The van der Waals surface area contributed by atoms with Gasteiger partial charge in [-0.15, -0.1) is 0 Å². The largest absolute Gasteiger partial charge is 0.281 e. The van der Waals surface area contributed by atoms with Crippen LogP contribution in [-0.4, -0.2) is 13.6 Å². The van der Waals surface area contributed by atoms with E-state index in [4.69, 9.17) is 9.59 Å². The van der Waals surface area contributed by atoms with Gasteiger partial charge in [-0.2, -0.15) is 0 Å². The van der Waals surface area contributed by atoms with Crippen LogP contribution in [-0.2, 0) is 24.0 Å². The predicted molar refractivity (Wildman–Crippen MR) is 55.1 cm³/mol. The van der Waals surface area contributed by atoms with E-state index in [-0.39, 0.29) is 0 Å². The summed E-state index contributed by atoms with van der Waals surface area (Å²) in [5.41, 5.74) is 0. The first-order valence-electron chi connectivity index (χ1n) is 4.16. The molecule has 0 heterocycles. The Labute approximate surface area is 96.3 Å². The molecule has 0 amide bonds. The Kier molecular flexibility index (Phi) is 8.60. The van der Waals surface area contributed by atoms with Gasteiger partial charge in [-0.3, -0.25) is 9.59 Å². The van der Waals surface area contributed by atoms with E-state index in [1.54, 1.807) is 14.4 Å². The fourth-order valence-corrected chi connectivity index (χ4v) is 2.26. The number of carbonyl (C=O) groups excluding carboxylic acids is 2. The average Bonchev–Trinajstić information content (AvgIpc) is 2.98. The minimum Gasteiger partial charge on any atom is -0.281 e. The van der Waals surface area contributed by atoms with Gasteiger partial charge in [0.05, 0.1) is 0 Å². The van der Waals surface area contributed by atoms with E-state index in [0.717, 1.165) is 12.8 Å². The van der Waals surface area contributed by atoms with E-state index in [2.05, 4.69) is 50.0 Å². The SMILES string of the molecule is C1=CC[C]([Ni][C]2=CC=CC2)=C1.[C]=O.[C]=O. The maximum atomic E-state index is 7.50. The topological polar surface area (TPSA) is 34.1 Å². The van der Waals surface area contributed by atoms with E-state index in [1.165, 1.54) is 9.09 Å². The zero-order chi connectivity index (χ0) is 11.5. The normalized spacial score (nSPS) is 16.0. The van der Waals surface area contributed by atoms with Gasteiger partial charge in [-0.1, -0.05) is 0 Å². The Morgan fingerprint density at radius 2 is 1.27 bits per heavy atom. The molecular formula is C12H10NiO2. The van der Waals surface area contributed by atoms with Crippen molar-refractivity contribution in [3.63, 3.8) is 0 Å². The summed E-state index contributed by atoms with van der Waals surface area (Å²) in [6.07, 6.45) is 15.4. The standard InChI is InChI=1S/2C5H5.2CO.Ni/c2*1-2-4-5-3-1;2*1-2;/h2*1-3H,4H2;;;. The maximum absolute atomic E-state index is 7.50. The molecule has 80 valence electrons. The molecule has 2 rings (SSSR count). The van der Waals surface area contributed by atoms with Crippen molar-refractivity contribution in [3.8, 4) is 0 Å². The molecule has 0 atom stereocenters. The molecule has 0 N–H and O–H groups in total. The van der Waals surface area contributed by atoms with Crippen LogP contribution >= 0.6 is 0 Å². The smallest absolute Gasteiger partial charge is 0.281 e. The second kappa shape index (κ2) is 9.35. The van der Waals surface area contributed by atoms with Crippen LogP contribution in [0.2, 0.25) is 0 Å². The molecule has 0 aromatic heterocycles. The molecular weight excluding hydrogens is 235 g/mol. The van der Waals surface area contributed by atoms with Crippen LogP contribution in [0.4, 0.5) is 0 Å². The molecule has 0 aromatic carbocycles. The van der Waals surface area contributed by atoms with Crippen molar-refractivity contribution in [2.75, 3.05) is 0 Å². The zero-order valence-electron chi connectivity index (χ0n) is 8.01. The monoisotopic (exact) mass is 244 g/mol. The molecule has 0 aromatic rings. The second-order valence-electron chi connectivity index (χ2n) is 2.49. The molecule has 2 nitrogen and oxygen atoms in total. The van der Waals surface area contributed by atoms with Crippen LogP contribution in [0.5, 0.6) is 0 Å². The number of hydrogen-bond donors (Lipinski definition) is 0. The van der Waals surface area contributed by atoms with E-state index < -0.39 is 0 Å². The second-order valence-corrected chi connectivity index (χ2v) is 4.01. The minimum atomic E-state index is 1.14. The Morgan fingerprint density at radius 3 is 1.53 bits per heavy atom. The first-order chi connectivity index (χ1) is 7.45. The molecule has 0 bridgehead atoms. The molecule has 3 heteroatoms.